The predicted octanol–water partition coefficient (Wildman–Crippen LogP) is 1.39. The van der Waals surface area contributed by atoms with Crippen molar-refractivity contribution in [3.8, 4) is 0 Å². The van der Waals surface area contributed by atoms with Crippen molar-refractivity contribution in [2.75, 3.05) is 11.9 Å². The zero-order valence-electron chi connectivity index (χ0n) is 7.16. The van der Waals surface area contributed by atoms with Crippen LogP contribution < -0.4 is 10.6 Å². The van der Waals surface area contributed by atoms with Crippen molar-refractivity contribution in [1.82, 2.24) is 10.3 Å². The Morgan fingerprint density at radius 1 is 1.69 bits per heavy atom. The van der Waals surface area contributed by atoms with Gasteiger partial charge in [0.25, 0.3) is 0 Å². The third kappa shape index (κ3) is 3.37. The van der Waals surface area contributed by atoms with Crippen LogP contribution in [0.2, 0.25) is 0 Å². The first kappa shape index (κ1) is 9.25. The van der Waals surface area contributed by atoms with E-state index < -0.39 is 0 Å². The average Bonchev–Trinajstić information content (AvgIpc) is 2.16. The Labute approximate surface area is 76.7 Å². The molecule has 4 heteroatoms. The molecule has 1 rings (SSSR count). The van der Waals surface area contributed by atoms with Gasteiger partial charge in [-0.2, -0.15) is 0 Å². The van der Waals surface area contributed by atoms with Crippen LogP contribution in [-0.2, 0) is 0 Å². The number of rotatable bonds is 3. The summed E-state index contributed by atoms with van der Waals surface area (Å²) in [5, 5.41) is 5.20. The SMILES string of the molecule is C=CCNC(=O)Nc1cccnc1. The minimum absolute atomic E-state index is 0.257. The van der Waals surface area contributed by atoms with Crippen LogP contribution in [0.3, 0.4) is 0 Å². The van der Waals surface area contributed by atoms with E-state index in [2.05, 4.69) is 22.2 Å². The second-order valence-electron chi connectivity index (χ2n) is 2.37. The van der Waals surface area contributed by atoms with E-state index in [-0.39, 0.29) is 6.03 Å². The Balaban J connectivity index is 2.41. The van der Waals surface area contributed by atoms with Crippen molar-refractivity contribution in [2.24, 2.45) is 0 Å². The number of amides is 2. The molecule has 0 saturated heterocycles. The molecule has 0 unspecified atom stereocenters. The van der Waals surface area contributed by atoms with E-state index in [0.717, 1.165) is 0 Å². The van der Waals surface area contributed by atoms with Gasteiger partial charge in [0, 0.05) is 12.7 Å². The highest BCUT2D eigenvalue weighted by Gasteiger charge is 1.97. The minimum atomic E-state index is -0.257. The molecule has 0 bridgehead atoms. The van der Waals surface area contributed by atoms with Gasteiger partial charge in [-0.3, -0.25) is 4.98 Å². The van der Waals surface area contributed by atoms with E-state index >= 15 is 0 Å². The monoisotopic (exact) mass is 177 g/mol. The van der Waals surface area contributed by atoms with Crippen LogP contribution in [0.4, 0.5) is 10.5 Å². The van der Waals surface area contributed by atoms with E-state index in [1.165, 1.54) is 0 Å². The lowest BCUT2D eigenvalue weighted by Crippen LogP contribution is -2.28. The molecule has 2 amide bonds. The molecule has 0 aliphatic rings. The lowest BCUT2D eigenvalue weighted by molar-refractivity contribution is 0.253. The second-order valence-corrected chi connectivity index (χ2v) is 2.37. The summed E-state index contributed by atoms with van der Waals surface area (Å²) in [6, 6.07) is 3.26. The van der Waals surface area contributed by atoms with Crippen LogP contribution in [0.1, 0.15) is 0 Å². The Hall–Kier alpha value is -1.84. The standard InChI is InChI=1S/C9H11N3O/c1-2-5-11-9(13)12-8-4-3-6-10-7-8/h2-4,6-7H,1,5H2,(H2,11,12,13). The number of carbonyl (C=O) groups excluding carboxylic acids is 1. The molecule has 13 heavy (non-hydrogen) atoms. The van der Waals surface area contributed by atoms with Gasteiger partial charge in [0.15, 0.2) is 0 Å². The fraction of sp³-hybridized carbons (Fsp3) is 0.111. The van der Waals surface area contributed by atoms with E-state index in [9.17, 15) is 4.79 Å². The Kier molecular flexibility index (Phi) is 3.50. The molecule has 0 fully saturated rings. The first-order valence-electron chi connectivity index (χ1n) is 3.88. The molecular weight excluding hydrogens is 166 g/mol. The van der Waals surface area contributed by atoms with Gasteiger partial charge in [0.05, 0.1) is 11.9 Å². The number of nitrogens with zero attached hydrogens (tertiary/aromatic N) is 1. The summed E-state index contributed by atoms with van der Waals surface area (Å²) in [5.41, 5.74) is 0.670. The molecule has 0 spiro atoms. The maximum atomic E-state index is 11.1. The number of carbonyl (C=O) groups is 1. The van der Waals surface area contributed by atoms with Crippen molar-refractivity contribution in [2.45, 2.75) is 0 Å². The van der Waals surface area contributed by atoms with E-state index in [1.54, 1.807) is 30.6 Å². The summed E-state index contributed by atoms with van der Waals surface area (Å²) in [6.07, 6.45) is 4.84. The van der Waals surface area contributed by atoms with Crippen molar-refractivity contribution in [3.05, 3.63) is 37.2 Å². The van der Waals surface area contributed by atoms with Crippen LogP contribution in [-0.4, -0.2) is 17.6 Å². The highest BCUT2D eigenvalue weighted by atomic mass is 16.2. The molecule has 0 aromatic carbocycles. The van der Waals surface area contributed by atoms with Crippen molar-refractivity contribution >= 4 is 11.7 Å². The Morgan fingerprint density at radius 3 is 3.15 bits per heavy atom. The number of anilines is 1. The maximum absolute atomic E-state index is 11.1. The number of pyridine rings is 1. The topological polar surface area (TPSA) is 54.0 Å². The molecular formula is C9H11N3O. The van der Waals surface area contributed by atoms with Crippen LogP contribution in [0, 0.1) is 0 Å². The smallest absolute Gasteiger partial charge is 0.319 e. The largest absolute Gasteiger partial charge is 0.334 e. The second kappa shape index (κ2) is 4.92. The van der Waals surface area contributed by atoms with Crippen molar-refractivity contribution in [1.29, 1.82) is 0 Å². The molecule has 2 N–H and O–H groups in total. The van der Waals surface area contributed by atoms with Gasteiger partial charge >= 0.3 is 6.03 Å². The molecule has 1 aromatic rings. The number of hydrogen-bond donors (Lipinski definition) is 2. The zero-order chi connectivity index (χ0) is 9.52. The van der Waals surface area contributed by atoms with Gasteiger partial charge in [0.1, 0.15) is 0 Å². The fourth-order valence-corrected chi connectivity index (χ4v) is 0.777. The normalized spacial score (nSPS) is 8.92. The third-order valence-corrected chi connectivity index (χ3v) is 1.33. The molecule has 1 aromatic heterocycles. The van der Waals surface area contributed by atoms with E-state index in [4.69, 9.17) is 0 Å². The van der Waals surface area contributed by atoms with Crippen LogP contribution in [0.5, 0.6) is 0 Å². The van der Waals surface area contributed by atoms with Crippen LogP contribution in [0.25, 0.3) is 0 Å². The fourth-order valence-electron chi connectivity index (χ4n) is 0.777. The number of nitrogens with one attached hydrogen (secondary N) is 2. The summed E-state index contributed by atoms with van der Waals surface area (Å²) < 4.78 is 0. The quantitative estimate of drug-likeness (QED) is 0.685. The average molecular weight is 177 g/mol. The molecule has 0 saturated carbocycles. The Bertz CT molecular complexity index is 284. The van der Waals surface area contributed by atoms with Gasteiger partial charge < -0.3 is 10.6 Å². The van der Waals surface area contributed by atoms with Crippen molar-refractivity contribution < 1.29 is 4.79 Å². The first-order chi connectivity index (χ1) is 6.33. The first-order valence-corrected chi connectivity index (χ1v) is 3.88. The molecule has 68 valence electrons. The minimum Gasteiger partial charge on any atom is -0.334 e. The lowest BCUT2D eigenvalue weighted by atomic mass is 10.4. The van der Waals surface area contributed by atoms with Crippen LogP contribution in [0.15, 0.2) is 37.2 Å². The summed E-state index contributed by atoms with van der Waals surface area (Å²) in [5.74, 6) is 0. The van der Waals surface area contributed by atoms with E-state index in [1.807, 2.05) is 0 Å². The van der Waals surface area contributed by atoms with Gasteiger partial charge in [-0.1, -0.05) is 6.08 Å². The van der Waals surface area contributed by atoms with Gasteiger partial charge in [0.2, 0.25) is 0 Å². The van der Waals surface area contributed by atoms with Gasteiger partial charge in [-0.05, 0) is 12.1 Å². The number of urea groups is 1. The highest BCUT2D eigenvalue weighted by molar-refractivity contribution is 5.88. The third-order valence-electron chi connectivity index (χ3n) is 1.33. The van der Waals surface area contributed by atoms with Gasteiger partial charge in [-0.25, -0.2) is 4.79 Å². The molecule has 1 heterocycles. The highest BCUT2D eigenvalue weighted by Crippen LogP contribution is 2.01. The molecule has 4 nitrogen and oxygen atoms in total. The van der Waals surface area contributed by atoms with Gasteiger partial charge in [-0.15, -0.1) is 6.58 Å². The predicted molar refractivity (Wildman–Crippen MR) is 51.5 cm³/mol. The van der Waals surface area contributed by atoms with Crippen LogP contribution >= 0.6 is 0 Å². The molecule has 0 aliphatic heterocycles. The van der Waals surface area contributed by atoms with Crippen molar-refractivity contribution in [3.63, 3.8) is 0 Å². The molecule has 0 atom stereocenters. The summed E-state index contributed by atoms with van der Waals surface area (Å²) in [4.78, 5) is 14.9. The summed E-state index contributed by atoms with van der Waals surface area (Å²) in [6.45, 7) is 3.94. The number of hydrogen-bond acceptors (Lipinski definition) is 2. The summed E-state index contributed by atoms with van der Waals surface area (Å²) >= 11 is 0. The zero-order valence-corrected chi connectivity index (χ0v) is 7.16. The Morgan fingerprint density at radius 2 is 2.54 bits per heavy atom. The summed E-state index contributed by atoms with van der Waals surface area (Å²) in [7, 11) is 0. The number of aromatic nitrogens is 1. The maximum Gasteiger partial charge on any atom is 0.319 e. The molecule has 0 radical (unpaired) electrons. The molecule has 0 aliphatic carbocycles. The lowest BCUT2D eigenvalue weighted by Gasteiger charge is -2.04. The van der Waals surface area contributed by atoms with E-state index in [0.29, 0.717) is 12.2 Å².